The first-order valence-electron chi connectivity index (χ1n) is 11.3. The lowest BCUT2D eigenvalue weighted by molar-refractivity contribution is 0.0947. The molecule has 180 valence electrons. The zero-order chi connectivity index (χ0) is 24.5. The van der Waals surface area contributed by atoms with Gasteiger partial charge in [0.15, 0.2) is 17.1 Å². The Kier molecular flexibility index (Phi) is 5.96. The van der Waals surface area contributed by atoms with Crippen LogP contribution in [0, 0.1) is 0 Å². The number of methoxy groups -OCH3 is 2. The van der Waals surface area contributed by atoms with Crippen LogP contribution in [0.15, 0.2) is 41.2 Å². The van der Waals surface area contributed by atoms with Crippen molar-refractivity contribution in [3.63, 3.8) is 0 Å². The van der Waals surface area contributed by atoms with Crippen molar-refractivity contribution in [1.29, 1.82) is 0 Å². The van der Waals surface area contributed by atoms with E-state index >= 15 is 0 Å². The average molecular weight is 476 g/mol. The standard InChI is InChI=1S/C25H25N5O5/c1-4-35-11-7-10-26-25(32)20-21-23(28-16-9-6-5-8-15(16)27-21)30-17-13-19(34-3)18(33-2)12-14(17)24(31)29-22(20)30/h5-6,8-9,12-13H,4,7,10-11H2,1-3H3,(H,26,32)(H,29,31). The Morgan fingerprint density at radius 2 is 1.80 bits per heavy atom. The largest absolute Gasteiger partial charge is 0.493 e. The lowest BCUT2D eigenvalue weighted by Crippen LogP contribution is -2.26. The molecule has 0 aliphatic carbocycles. The van der Waals surface area contributed by atoms with E-state index in [0.717, 1.165) is 0 Å². The topological polar surface area (TPSA) is 120 Å². The number of ether oxygens (including phenoxy) is 3. The summed E-state index contributed by atoms with van der Waals surface area (Å²) in [5.74, 6) is 0.517. The summed E-state index contributed by atoms with van der Waals surface area (Å²) in [5, 5.41) is 3.28. The lowest BCUT2D eigenvalue weighted by Gasteiger charge is -2.11. The Morgan fingerprint density at radius 3 is 2.51 bits per heavy atom. The fourth-order valence-electron chi connectivity index (χ4n) is 4.23. The van der Waals surface area contributed by atoms with Crippen LogP contribution in [0.3, 0.4) is 0 Å². The van der Waals surface area contributed by atoms with Crippen LogP contribution in [0.4, 0.5) is 0 Å². The Bertz CT molecular complexity index is 1640. The van der Waals surface area contributed by atoms with E-state index in [1.807, 2.05) is 31.2 Å². The Balaban J connectivity index is 1.81. The molecule has 3 heterocycles. The van der Waals surface area contributed by atoms with E-state index < -0.39 is 0 Å². The van der Waals surface area contributed by atoms with Crippen LogP contribution in [0.25, 0.3) is 38.7 Å². The minimum absolute atomic E-state index is 0.253. The van der Waals surface area contributed by atoms with E-state index in [4.69, 9.17) is 24.2 Å². The maximum absolute atomic E-state index is 13.4. The van der Waals surface area contributed by atoms with Crippen molar-refractivity contribution < 1.29 is 19.0 Å². The average Bonchev–Trinajstić information content (AvgIpc) is 3.19. The Hall–Kier alpha value is -4.18. The van der Waals surface area contributed by atoms with Gasteiger partial charge in [-0.15, -0.1) is 0 Å². The molecule has 0 saturated heterocycles. The monoisotopic (exact) mass is 475 g/mol. The number of aromatic amines is 1. The van der Waals surface area contributed by atoms with Gasteiger partial charge in [0.2, 0.25) is 0 Å². The Labute approximate surface area is 199 Å². The molecule has 0 bridgehead atoms. The van der Waals surface area contributed by atoms with E-state index in [1.165, 1.54) is 14.2 Å². The van der Waals surface area contributed by atoms with E-state index in [0.29, 0.717) is 76.4 Å². The van der Waals surface area contributed by atoms with Gasteiger partial charge in [-0.2, -0.15) is 0 Å². The van der Waals surface area contributed by atoms with Gasteiger partial charge in [-0.1, -0.05) is 12.1 Å². The van der Waals surface area contributed by atoms with E-state index in [1.54, 1.807) is 16.5 Å². The summed E-state index contributed by atoms with van der Waals surface area (Å²) in [4.78, 5) is 38.9. The summed E-state index contributed by atoms with van der Waals surface area (Å²) in [5.41, 5.74) is 2.87. The minimum atomic E-state index is -0.369. The van der Waals surface area contributed by atoms with Crippen molar-refractivity contribution >= 4 is 44.7 Å². The maximum Gasteiger partial charge on any atom is 0.259 e. The van der Waals surface area contributed by atoms with Crippen LogP contribution < -0.4 is 20.3 Å². The van der Waals surface area contributed by atoms with Crippen molar-refractivity contribution in [3.05, 3.63) is 52.3 Å². The van der Waals surface area contributed by atoms with Crippen molar-refractivity contribution in [1.82, 2.24) is 24.7 Å². The fourth-order valence-corrected chi connectivity index (χ4v) is 4.23. The highest BCUT2D eigenvalue weighted by Gasteiger charge is 2.25. The number of nitrogens with zero attached hydrogens (tertiary/aromatic N) is 3. The third kappa shape index (κ3) is 3.81. The molecule has 0 aliphatic rings. The van der Waals surface area contributed by atoms with Gasteiger partial charge in [-0.25, -0.2) is 9.97 Å². The molecule has 35 heavy (non-hydrogen) atoms. The highest BCUT2D eigenvalue weighted by Crippen LogP contribution is 2.34. The molecule has 0 unspecified atom stereocenters. The number of carbonyl (C=O) groups is 1. The quantitative estimate of drug-likeness (QED) is 0.331. The molecule has 10 heteroatoms. The molecule has 0 saturated carbocycles. The molecule has 3 aromatic heterocycles. The Morgan fingerprint density at radius 1 is 1.09 bits per heavy atom. The molecule has 5 aromatic rings. The van der Waals surface area contributed by atoms with Gasteiger partial charge in [0, 0.05) is 25.8 Å². The minimum Gasteiger partial charge on any atom is -0.493 e. The number of fused-ring (bicyclic) bond motifs is 6. The van der Waals surface area contributed by atoms with Crippen LogP contribution in [0.5, 0.6) is 11.5 Å². The van der Waals surface area contributed by atoms with Crippen LogP contribution in [0.2, 0.25) is 0 Å². The molecule has 0 fully saturated rings. The number of benzene rings is 2. The van der Waals surface area contributed by atoms with E-state index in [2.05, 4.69) is 10.3 Å². The van der Waals surface area contributed by atoms with Crippen molar-refractivity contribution in [3.8, 4) is 11.5 Å². The molecule has 0 radical (unpaired) electrons. The number of H-pyrrole nitrogens is 1. The zero-order valence-corrected chi connectivity index (χ0v) is 19.7. The summed E-state index contributed by atoms with van der Waals surface area (Å²) >= 11 is 0. The van der Waals surface area contributed by atoms with Gasteiger partial charge in [-0.3, -0.25) is 14.0 Å². The second-order valence-electron chi connectivity index (χ2n) is 7.93. The number of hydrogen-bond donors (Lipinski definition) is 2. The van der Waals surface area contributed by atoms with Gasteiger partial charge < -0.3 is 24.5 Å². The lowest BCUT2D eigenvalue weighted by atomic mass is 10.2. The van der Waals surface area contributed by atoms with Crippen LogP contribution in [0.1, 0.15) is 23.7 Å². The second-order valence-corrected chi connectivity index (χ2v) is 7.93. The highest BCUT2D eigenvalue weighted by atomic mass is 16.5. The molecule has 1 amide bonds. The predicted molar refractivity (Wildman–Crippen MR) is 133 cm³/mol. The molecule has 5 rings (SSSR count). The molecular formula is C25H25N5O5. The summed E-state index contributed by atoms with van der Waals surface area (Å²) in [6.07, 6.45) is 0.661. The number of aromatic nitrogens is 4. The third-order valence-electron chi connectivity index (χ3n) is 5.86. The van der Waals surface area contributed by atoms with Crippen LogP contribution in [-0.2, 0) is 4.74 Å². The second kappa shape index (κ2) is 9.22. The van der Waals surface area contributed by atoms with Gasteiger partial charge in [0.05, 0.1) is 36.2 Å². The van der Waals surface area contributed by atoms with Gasteiger partial charge in [-0.05, 0) is 31.5 Å². The molecular weight excluding hydrogens is 450 g/mol. The van der Waals surface area contributed by atoms with Gasteiger partial charge in [0.1, 0.15) is 16.7 Å². The molecule has 2 aromatic carbocycles. The summed E-state index contributed by atoms with van der Waals surface area (Å²) in [6.45, 7) is 3.50. The molecule has 0 aliphatic heterocycles. The smallest absolute Gasteiger partial charge is 0.259 e. The maximum atomic E-state index is 13.4. The first-order valence-corrected chi connectivity index (χ1v) is 11.3. The van der Waals surface area contributed by atoms with E-state index in [9.17, 15) is 9.59 Å². The molecule has 2 N–H and O–H groups in total. The van der Waals surface area contributed by atoms with E-state index in [-0.39, 0.29) is 17.0 Å². The number of rotatable bonds is 8. The highest BCUT2D eigenvalue weighted by molar-refractivity contribution is 6.13. The van der Waals surface area contributed by atoms with Crippen LogP contribution >= 0.6 is 0 Å². The molecule has 0 spiro atoms. The summed E-state index contributed by atoms with van der Waals surface area (Å²) < 4.78 is 18.0. The van der Waals surface area contributed by atoms with Crippen molar-refractivity contribution in [2.75, 3.05) is 34.0 Å². The third-order valence-corrected chi connectivity index (χ3v) is 5.86. The normalized spacial score (nSPS) is 11.5. The fraction of sp³-hybridized carbons (Fsp3) is 0.280. The predicted octanol–water partition coefficient (Wildman–Crippen LogP) is 3.05. The SMILES string of the molecule is CCOCCCNC(=O)c1c2nc3ccccc3nc2n2c1[nH]c(=O)c1cc(OC)c(OC)cc12. The number of nitrogens with one attached hydrogen (secondary N) is 2. The first kappa shape index (κ1) is 22.6. The molecule has 0 atom stereocenters. The number of hydrogen-bond acceptors (Lipinski definition) is 7. The van der Waals surface area contributed by atoms with Crippen molar-refractivity contribution in [2.24, 2.45) is 0 Å². The van der Waals surface area contributed by atoms with Crippen LogP contribution in [-0.4, -0.2) is 59.2 Å². The van der Waals surface area contributed by atoms with Gasteiger partial charge >= 0.3 is 0 Å². The van der Waals surface area contributed by atoms with Crippen molar-refractivity contribution in [2.45, 2.75) is 13.3 Å². The molecule has 10 nitrogen and oxygen atoms in total. The number of amides is 1. The number of para-hydroxylation sites is 2. The zero-order valence-electron chi connectivity index (χ0n) is 19.7. The summed E-state index contributed by atoms with van der Waals surface area (Å²) in [6, 6.07) is 10.7. The first-order chi connectivity index (χ1) is 17.1. The number of carbonyl (C=O) groups excluding carboxylic acids is 1. The van der Waals surface area contributed by atoms with Gasteiger partial charge in [0.25, 0.3) is 11.5 Å². The summed E-state index contributed by atoms with van der Waals surface area (Å²) in [7, 11) is 3.03.